The van der Waals surface area contributed by atoms with E-state index in [-0.39, 0.29) is 0 Å². The molecule has 448 valence electrons. The van der Waals surface area contributed by atoms with E-state index in [1.54, 1.807) is 98.8 Å². The van der Waals surface area contributed by atoms with E-state index in [0.717, 1.165) is 42.9 Å². The van der Waals surface area contributed by atoms with Gasteiger partial charge in [0.15, 0.2) is 0 Å². The zero-order valence-electron chi connectivity index (χ0n) is 57.3. The molecule has 0 nitrogen and oxygen atoms in total. The molecule has 8 rings (SSSR count). The number of hydrogen-bond donors (Lipinski definition) is 0. The van der Waals surface area contributed by atoms with Crippen LogP contribution in [0.4, 0.5) is 8.22 Å². The Morgan fingerprint density at radius 3 is 1.00 bits per heavy atom. The summed E-state index contributed by atoms with van der Waals surface area (Å²) >= 11 is -6.32. The monoisotopic (exact) mass is 1490 g/mol. The van der Waals surface area contributed by atoms with Gasteiger partial charge < -0.3 is 8.22 Å². The molecule has 0 aromatic carbocycles. The van der Waals surface area contributed by atoms with Crippen molar-refractivity contribution in [2.24, 2.45) is 0 Å². The molecule has 0 saturated carbocycles. The van der Waals surface area contributed by atoms with Gasteiger partial charge in [-0.25, -0.2) is 0 Å². The third kappa shape index (κ3) is 22.8. The van der Waals surface area contributed by atoms with Crippen molar-refractivity contribution in [1.29, 1.82) is 0 Å². The van der Waals surface area contributed by atoms with Crippen molar-refractivity contribution in [3.63, 3.8) is 0 Å². The molecular formula is C60H142F2Ge5Si8. The molecule has 0 N–H and O–H groups in total. The molecule has 8 aliphatic rings. The Bertz CT molecular complexity index is 1580. The molecular weight excluding hydrogens is 1350 g/mol. The van der Waals surface area contributed by atoms with Gasteiger partial charge in [-0.05, 0) is 41.8 Å². The molecule has 8 saturated heterocycles. The van der Waals surface area contributed by atoms with Crippen LogP contribution in [0.3, 0.4) is 0 Å². The summed E-state index contributed by atoms with van der Waals surface area (Å²) in [6.07, 6.45) is 15.5. The van der Waals surface area contributed by atoms with Crippen LogP contribution in [0.5, 0.6) is 0 Å². The van der Waals surface area contributed by atoms with Crippen LogP contribution in [0.15, 0.2) is 0 Å². The van der Waals surface area contributed by atoms with Gasteiger partial charge in [-0.1, -0.05) is 166 Å². The summed E-state index contributed by atoms with van der Waals surface area (Å²) in [4.78, 5) is 0. The summed E-state index contributed by atoms with van der Waals surface area (Å²) < 4.78 is 33.5. The normalized spacial score (nSPS) is 36.8. The second kappa shape index (κ2) is 28.9. The fourth-order valence-electron chi connectivity index (χ4n) is 18.5. The van der Waals surface area contributed by atoms with Crippen LogP contribution in [0.1, 0.15) is 119 Å². The molecule has 0 bridgehead atoms. The van der Waals surface area contributed by atoms with Crippen LogP contribution in [0.2, 0.25) is 243 Å². The Kier molecular flexibility index (Phi) is 29.0. The second-order valence-corrected chi connectivity index (χ2v) is 144. The van der Waals surface area contributed by atoms with Gasteiger partial charge in [-0.2, -0.15) is 0 Å². The van der Waals surface area contributed by atoms with Crippen LogP contribution in [0, 0.1) is 0 Å². The van der Waals surface area contributed by atoms with Gasteiger partial charge >= 0.3 is 237 Å². The van der Waals surface area contributed by atoms with E-state index in [4.69, 9.17) is 0 Å². The Hall–Kier alpha value is 4.31. The van der Waals surface area contributed by atoms with Crippen molar-refractivity contribution in [3.8, 4) is 0 Å². The molecule has 0 aromatic heterocycles. The summed E-state index contributed by atoms with van der Waals surface area (Å²) in [5, 5.41) is 4.43. The molecule has 0 aromatic rings. The van der Waals surface area contributed by atoms with Crippen molar-refractivity contribution in [2.75, 3.05) is 0 Å². The number of halogens is 2. The molecule has 15 heteroatoms. The summed E-state index contributed by atoms with van der Waals surface area (Å²) in [6, 6.07) is 10.1. The average molecular weight is 1490 g/mol. The van der Waals surface area contributed by atoms with Gasteiger partial charge in [-0.15, -0.1) is 0 Å². The van der Waals surface area contributed by atoms with E-state index in [2.05, 4.69) is 171 Å². The molecule has 8 heterocycles. The standard InChI is InChI=1S/C11H22Si.C10H26Ge3.C10H26Si3.C9H22GeSi.C8H20GeSi.2C6H13FSi/c1-11-7-3-6-10-12(11)8-4-2-5-9-12;2*1-10-12(4,5)8-11(2,3)9-13(10,6)7;1-9-10(2,3)7-6-8-11(9,4)5;1-8-9(2,3)6-7-10(8,4)5;2*1-6-4-3-5-8(6,2)7/h11H,2-10H2,1H3;2*10H,8-9H2,1-7H3;9H,6-8H2,1-5H3;8H,6-7H2,1-5H3;2*6H,3-5H2,1-2H3/t11-;;;9-;8-;2*6-,8?/m0..0011/s1. The zero-order chi connectivity index (χ0) is 58.5. The Morgan fingerprint density at radius 2 is 0.707 bits per heavy atom. The van der Waals surface area contributed by atoms with Crippen molar-refractivity contribution in [3.05, 3.63) is 0 Å². The first-order valence-corrected chi connectivity index (χ1v) is 92.1. The first kappa shape index (κ1) is 75.4. The molecule has 8 fully saturated rings. The van der Waals surface area contributed by atoms with Gasteiger partial charge in [0.25, 0.3) is 0 Å². The van der Waals surface area contributed by atoms with Gasteiger partial charge in [0.05, 0.1) is 8.07 Å². The quantitative estimate of drug-likeness (QED) is 0.168. The molecule has 2 unspecified atom stereocenters. The fraction of sp³-hybridized carbons (Fsp3) is 1.00. The van der Waals surface area contributed by atoms with Crippen molar-refractivity contribution < 1.29 is 8.22 Å². The van der Waals surface area contributed by atoms with Crippen LogP contribution in [0.25, 0.3) is 0 Å². The zero-order valence-corrected chi connectivity index (χ0v) is 75.8. The topological polar surface area (TPSA) is 0 Å². The molecule has 7 atom stereocenters. The maximum atomic E-state index is 13.1. The predicted octanol–water partition coefficient (Wildman–Crippen LogP) is 25.0. The first-order valence-electron chi connectivity index (χ1n) is 32.8. The molecule has 0 aliphatic carbocycles. The Morgan fingerprint density at radius 1 is 0.347 bits per heavy atom. The molecule has 0 radical (unpaired) electrons. The van der Waals surface area contributed by atoms with E-state index in [1.807, 2.05) is 13.1 Å². The summed E-state index contributed by atoms with van der Waals surface area (Å²) in [5.41, 5.74) is 5.39. The van der Waals surface area contributed by atoms with Gasteiger partial charge in [0, 0.05) is 24.2 Å². The van der Waals surface area contributed by atoms with Crippen LogP contribution in [-0.2, 0) is 0 Å². The third-order valence-electron chi connectivity index (χ3n) is 25.3. The van der Waals surface area contributed by atoms with Crippen molar-refractivity contribution in [2.45, 2.75) is 362 Å². The predicted molar refractivity (Wildman–Crippen MR) is 385 cm³/mol. The summed E-state index contributed by atoms with van der Waals surface area (Å²) in [6.45, 7) is 46.9. The fourth-order valence-corrected chi connectivity index (χ4v) is 233. The molecule has 1 spiro atoms. The second-order valence-electron chi connectivity index (χ2n) is 36.4. The van der Waals surface area contributed by atoms with E-state index in [0.29, 0.717) is 11.1 Å². The SMILES string of the molecule is CC1[Si](C)(C)C[Si](C)(C)C[Si]1(C)C.C[C@@H]1CCC[Si]1(C)F.C[C@@H]1CCC[Si]1(C)F.C[C@@H]1[Si](C)(C)CC[CH2][Ge]1([CH3])[CH3].C[C@@H]1[Si](C)(C)C[CH2][Ge]1([CH3])[CH3].C[C@H]1CCCC[Si]12CCCCC2.C[CH]1[Ge]([CH3])([CH3])[CH2][Ge]([CH3])([CH3])[CH2][Ge]1([CH3])[CH3]. The summed E-state index contributed by atoms with van der Waals surface area (Å²) in [7, 11) is -8.86. The van der Waals surface area contributed by atoms with Crippen molar-refractivity contribution in [1.82, 2.24) is 0 Å². The maximum absolute atomic E-state index is 13.1. The van der Waals surface area contributed by atoms with Gasteiger partial charge in [0.2, 0.25) is 16.8 Å². The van der Waals surface area contributed by atoms with E-state index in [1.165, 1.54) is 24.3 Å². The van der Waals surface area contributed by atoms with E-state index in [9.17, 15) is 8.22 Å². The summed E-state index contributed by atoms with van der Waals surface area (Å²) in [5.74, 6) is 26.8. The minimum atomic E-state index is -2.14. The van der Waals surface area contributed by atoms with Crippen LogP contribution in [-0.4, -0.2) is 132 Å². The van der Waals surface area contributed by atoms with Crippen LogP contribution < -0.4 is 0 Å². The Labute approximate surface area is 495 Å². The molecule has 75 heavy (non-hydrogen) atoms. The van der Waals surface area contributed by atoms with Gasteiger partial charge in [-0.3, -0.25) is 0 Å². The number of hydrogen-bond acceptors (Lipinski definition) is 0. The molecule has 8 aliphatic heterocycles. The first-order chi connectivity index (χ1) is 33.5. The number of rotatable bonds is 0. The Balaban J connectivity index is 0.000000302. The third-order valence-corrected chi connectivity index (χ3v) is 182. The minimum absolute atomic E-state index is 0.433. The average Bonchev–Trinajstić information content (AvgIpc) is 3.79. The van der Waals surface area contributed by atoms with Crippen LogP contribution >= 0.6 is 0 Å². The van der Waals surface area contributed by atoms with E-state index >= 15 is 0 Å². The van der Waals surface area contributed by atoms with Gasteiger partial charge in [0.1, 0.15) is 0 Å². The van der Waals surface area contributed by atoms with Crippen molar-refractivity contribution >= 4 is 132 Å². The van der Waals surface area contributed by atoms with E-state index < -0.39 is 132 Å². The molecule has 0 amide bonds.